The van der Waals surface area contributed by atoms with E-state index in [2.05, 4.69) is 93.1 Å². The minimum absolute atomic E-state index is 0. The number of hydrogen-bond acceptors (Lipinski definition) is 3. The van der Waals surface area contributed by atoms with Gasteiger partial charge in [0.2, 0.25) is 0 Å². The Hall–Kier alpha value is -3.37. The maximum atomic E-state index is 6.34. The van der Waals surface area contributed by atoms with Crippen LogP contribution in [0, 0.1) is 19.1 Å². The van der Waals surface area contributed by atoms with Crippen molar-refractivity contribution in [3.63, 3.8) is 0 Å². The molecule has 3 aromatic carbocycles. The average molecular weight is 747 g/mol. The molecule has 0 spiro atoms. The van der Waals surface area contributed by atoms with E-state index in [1.54, 1.807) is 0 Å². The van der Waals surface area contributed by atoms with Crippen LogP contribution in [0.3, 0.4) is 0 Å². The summed E-state index contributed by atoms with van der Waals surface area (Å²) in [5.41, 5.74) is 8.27. The van der Waals surface area contributed by atoms with Gasteiger partial charge in [-0.25, -0.2) is 0 Å². The average Bonchev–Trinajstić information content (AvgIpc) is 3.38. The van der Waals surface area contributed by atoms with Crippen molar-refractivity contribution in [1.29, 1.82) is 0 Å². The van der Waals surface area contributed by atoms with Crippen LogP contribution < -0.4 is 5.19 Å². The van der Waals surface area contributed by atoms with E-state index in [4.69, 9.17) is 9.40 Å². The van der Waals surface area contributed by atoms with Gasteiger partial charge in [-0.2, -0.15) is 0 Å². The molecule has 0 aliphatic rings. The fourth-order valence-electron chi connectivity index (χ4n) is 5.29. The molecule has 0 amide bonds. The van der Waals surface area contributed by atoms with Crippen molar-refractivity contribution in [1.82, 2.24) is 9.97 Å². The number of aryl methyl sites for hydroxylation is 1. The topological polar surface area (TPSA) is 38.9 Å². The second-order valence-corrected chi connectivity index (χ2v) is 16.7. The van der Waals surface area contributed by atoms with Crippen LogP contribution in [-0.2, 0) is 20.1 Å². The maximum Gasteiger partial charge on any atom is 0.120 e. The van der Waals surface area contributed by atoms with Gasteiger partial charge in [-0.15, -0.1) is 53.2 Å². The van der Waals surface area contributed by atoms with Gasteiger partial charge in [0, 0.05) is 46.0 Å². The molecule has 3 nitrogen and oxygen atoms in total. The van der Waals surface area contributed by atoms with Gasteiger partial charge in [-0.05, 0) is 54.3 Å². The van der Waals surface area contributed by atoms with Crippen molar-refractivity contribution >= 4 is 35.2 Å². The molecule has 0 saturated heterocycles. The molecule has 0 N–H and O–H groups in total. The number of nitrogens with zero attached hydrogens (tertiary/aromatic N) is 2. The van der Waals surface area contributed by atoms with Crippen molar-refractivity contribution in [3.8, 4) is 22.5 Å². The molecular formula is C37H38IrN2OSi-2. The molecule has 0 unspecified atom stereocenters. The van der Waals surface area contributed by atoms with Gasteiger partial charge in [0.05, 0.1) is 5.58 Å². The predicted molar refractivity (Wildman–Crippen MR) is 175 cm³/mol. The summed E-state index contributed by atoms with van der Waals surface area (Å²) in [5.74, 6) is 0.575. The Morgan fingerprint density at radius 3 is 2.14 bits per heavy atom. The molecule has 217 valence electrons. The number of aromatic nitrogens is 2. The SMILES string of the molecule is CCC(CC)c1ccc(-c2[c-]cc([Si](C)(C)C)c3c2oc2ccccc23)nc1.Cc1ccc(-c2[c-]cccc2)nc1.[Ir]. The first-order valence-corrected chi connectivity index (χ1v) is 18.0. The van der Waals surface area contributed by atoms with E-state index in [1.165, 1.54) is 27.1 Å². The van der Waals surface area contributed by atoms with E-state index in [0.717, 1.165) is 46.5 Å². The molecule has 3 aromatic heterocycles. The zero-order valence-corrected chi connectivity index (χ0v) is 28.7. The number of benzene rings is 3. The van der Waals surface area contributed by atoms with Crippen LogP contribution >= 0.6 is 0 Å². The summed E-state index contributed by atoms with van der Waals surface area (Å²) < 4.78 is 6.34. The van der Waals surface area contributed by atoms with E-state index in [-0.39, 0.29) is 20.1 Å². The van der Waals surface area contributed by atoms with Crippen LogP contribution in [0.2, 0.25) is 19.6 Å². The van der Waals surface area contributed by atoms with Gasteiger partial charge in [-0.1, -0.05) is 86.9 Å². The van der Waals surface area contributed by atoms with Gasteiger partial charge in [0.1, 0.15) is 5.58 Å². The van der Waals surface area contributed by atoms with E-state index < -0.39 is 8.07 Å². The Balaban J connectivity index is 0.000000243. The number of pyridine rings is 2. The number of hydrogen-bond donors (Lipinski definition) is 0. The molecule has 42 heavy (non-hydrogen) atoms. The minimum Gasteiger partial charge on any atom is -0.501 e. The van der Waals surface area contributed by atoms with E-state index in [0.29, 0.717) is 5.92 Å². The largest absolute Gasteiger partial charge is 0.501 e. The molecule has 0 bridgehead atoms. The summed E-state index contributed by atoms with van der Waals surface area (Å²) in [4.78, 5) is 9.12. The molecular weight excluding hydrogens is 709 g/mol. The van der Waals surface area contributed by atoms with Crippen molar-refractivity contribution in [2.75, 3.05) is 0 Å². The first-order chi connectivity index (χ1) is 19.8. The van der Waals surface area contributed by atoms with Crippen LogP contribution in [0.25, 0.3) is 44.5 Å². The number of para-hydroxylation sites is 1. The number of rotatable bonds is 6. The molecule has 0 fully saturated rings. The van der Waals surface area contributed by atoms with Gasteiger partial charge in [0.25, 0.3) is 0 Å². The third-order valence-electron chi connectivity index (χ3n) is 7.66. The van der Waals surface area contributed by atoms with Crippen LogP contribution in [0.15, 0.2) is 95.7 Å². The smallest absolute Gasteiger partial charge is 0.120 e. The summed E-state index contributed by atoms with van der Waals surface area (Å²) in [6, 6.07) is 33.5. The van der Waals surface area contributed by atoms with Gasteiger partial charge >= 0.3 is 0 Å². The second kappa shape index (κ2) is 13.7. The number of fused-ring (bicyclic) bond motifs is 3. The molecule has 0 aliphatic carbocycles. The summed E-state index contributed by atoms with van der Waals surface area (Å²) in [6.07, 6.45) is 6.18. The molecule has 0 aliphatic heterocycles. The summed E-state index contributed by atoms with van der Waals surface area (Å²) in [5, 5.41) is 3.83. The van der Waals surface area contributed by atoms with Gasteiger partial charge < -0.3 is 14.4 Å². The van der Waals surface area contributed by atoms with Gasteiger partial charge in [0.15, 0.2) is 0 Å². The van der Waals surface area contributed by atoms with Crippen LogP contribution in [-0.4, -0.2) is 18.0 Å². The molecule has 5 heteroatoms. The van der Waals surface area contributed by atoms with E-state index >= 15 is 0 Å². The van der Waals surface area contributed by atoms with Crippen molar-refractivity contribution < 1.29 is 24.5 Å². The zero-order valence-electron chi connectivity index (χ0n) is 25.3. The minimum atomic E-state index is -1.55. The van der Waals surface area contributed by atoms with Crippen LogP contribution in [0.5, 0.6) is 0 Å². The molecule has 6 rings (SSSR count). The molecule has 3 heterocycles. The molecule has 0 atom stereocenters. The first-order valence-electron chi connectivity index (χ1n) is 14.5. The summed E-state index contributed by atoms with van der Waals surface area (Å²) in [6.45, 7) is 13.6. The Morgan fingerprint density at radius 1 is 0.810 bits per heavy atom. The van der Waals surface area contributed by atoms with Crippen LogP contribution in [0.4, 0.5) is 0 Å². The van der Waals surface area contributed by atoms with Gasteiger partial charge in [-0.3, -0.25) is 0 Å². The van der Waals surface area contributed by atoms with E-state index in [9.17, 15) is 0 Å². The van der Waals surface area contributed by atoms with Crippen molar-refractivity contribution in [2.24, 2.45) is 0 Å². The summed E-state index contributed by atoms with van der Waals surface area (Å²) >= 11 is 0. The fraction of sp³-hybridized carbons (Fsp3) is 0.243. The zero-order chi connectivity index (χ0) is 29.0. The maximum absolute atomic E-state index is 6.34. The monoisotopic (exact) mass is 747 g/mol. The molecule has 1 radical (unpaired) electrons. The first kappa shape index (κ1) is 31.6. The molecule has 6 aromatic rings. The van der Waals surface area contributed by atoms with E-state index in [1.807, 2.05) is 55.7 Å². The third kappa shape index (κ3) is 6.81. The Morgan fingerprint density at radius 2 is 1.52 bits per heavy atom. The summed E-state index contributed by atoms with van der Waals surface area (Å²) in [7, 11) is -1.55. The predicted octanol–water partition coefficient (Wildman–Crippen LogP) is 9.75. The second-order valence-electron chi connectivity index (χ2n) is 11.6. The Bertz CT molecular complexity index is 1730. The van der Waals surface area contributed by atoms with Crippen LogP contribution in [0.1, 0.15) is 43.7 Å². The standard InChI is InChI=1S/C25H28NOSi.C12H10N.Ir/c1-6-17(7-2)18-12-14-21(26-16-18)19-13-15-23(28(3,4)5)24-20-10-8-9-11-22(20)27-25(19)24;1-10-7-8-12(13-9-10)11-5-3-2-4-6-11;/h8-12,14-17H,6-7H2,1-5H3;2-5,7-9H,1H3;/q2*-1;. The quantitative estimate of drug-likeness (QED) is 0.126. The fourth-order valence-corrected chi connectivity index (χ4v) is 6.79. The molecule has 0 saturated carbocycles. The Labute approximate surface area is 264 Å². The third-order valence-corrected chi connectivity index (χ3v) is 9.67. The van der Waals surface area contributed by atoms with Crippen molar-refractivity contribution in [3.05, 3.63) is 115 Å². The van der Waals surface area contributed by atoms with Crippen molar-refractivity contribution in [2.45, 2.75) is 59.2 Å². The Kier molecular flexibility index (Phi) is 10.3. The number of furan rings is 1. The normalized spacial score (nSPS) is 11.3.